The van der Waals surface area contributed by atoms with Gasteiger partial charge >= 0.3 is 6.18 Å². The first-order valence-electron chi connectivity index (χ1n) is 4.69. The lowest BCUT2D eigenvalue weighted by molar-refractivity contribution is -0.137. The first-order valence-corrected chi connectivity index (χ1v) is 4.69. The van der Waals surface area contributed by atoms with Crippen molar-refractivity contribution in [1.29, 1.82) is 0 Å². The van der Waals surface area contributed by atoms with Gasteiger partial charge in [0.25, 0.3) is 0 Å². The Morgan fingerprint density at radius 1 is 1.13 bits per heavy atom. The van der Waals surface area contributed by atoms with Crippen molar-refractivity contribution in [3.05, 3.63) is 23.8 Å². The van der Waals surface area contributed by atoms with Gasteiger partial charge in [0.2, 0.25) is 0 Å². The van der Waals surface area contributed by atoms with Gasteiger partial charge in [0.15, 0.2) is 0 Å². The SMILES string of the molecule is Nc1cc(N2CCC2)cc(C(F)(F)F)c1. The second-order valence-corrected chi connectivity index (χ2v) is 3.65. The molecule has 1 aromatic carbocycles. The molecule has 2 N–H and O–H groups in total. The van der Waals surface area contributed by atoms with Crippen LogP contribution in [-0.2, 0) is 6.18 Å². The third-order valence-corrected chi connectivity index (χ3v) is 2.49. The molecule has 1 fully saturated rings. The van der Waals surface area contributed by atoms with E-state index in [2.05, 4.69) is 0 Å². The van der Waals surface area contributed by atoms with Crippen LogP contribution in [0.3, 0.4) is 0 Å². The third kappa shape index (κ3) is 2.00. The third-order valence-electron chi connectivity index (χ3n) is 2.49. The number of alkyl halides is 3. The van der Waals surface area contributed by atoms with E-state index in [1.54, 1.807) is 6.07 Å². The van der Waals surface area contributed by atoms with Gasteiger partial charge < -0.3 is 10.6 Å². The Bertz CT molecular complexity index is 369. The summed E-state index contributed by atoms with van der Waals surface area (Å²) in [5, 5.41) is 0. The highest BCUT2D eigenvalue weighted by Crippen LogP contribution is 2.34. The van der Waals surface area contributed by atoms with Gasteiger partial charge in [0.05, 0.1) is 5.56 Å². The normalized spacial score (nSPS) is 16.3. The Hall–Kier alpha value is -1.39. The molecule has 0 radical (unpaired) electrons. The number of hydrogen-bond donors (Lipinski definition) is 1. The molecular formula is C10H11F3N2. The van der Waals surface area contributed by atoms with Crippen molar-refractivity contribution in [3.63, 3.8) is 0 Å². The lowest BCUT2D eigenvalue weighted by Gasteiger charge is -2.33. The predicted molar refractivity (Wildman–Crippen MR) is 52.7 cm³/mol. The summed E-state index contributed by atoms with van der Waals surface area (Å²) in [6.45, 7) is 1.61. The van der Waals surface area contributed by atoms with Crippen LogP contribution in [0.1, 0.15) is 12.0 Å². The Labute approximate surface area is 85.5 Å². The predicted octanol–water partition coefficient (Wildman–Crippen LogP) is 2.50. The molecule has 0 saturated carbocycles. The minimum Gasteiger partial charge on any atom is -0.399 e. The molecule has 5 heteroatoms. The quantitative estimate of drug-likeness (QED) is 0.731. The fraction of sp³-hybridized carbons (Fsp3) is 0.400. The molecule has 0 aromatic heterocycles. The van der Waals surface area contributed by atoms with Gasteiger partial charge in [-0.2, -0.15) is 13.2 Å². The maximum atomic E-state index is 12.5. The minimum atomic E-state index is -4.32. The number of halogens is 3. The van der Waals surface area contributed by atoms with Crippen LogP contribution in [0.4, 0.5) is 24.5 Å². The molecule has 0 amide bonds. The summed E-state index contributed by atoms with van der Waals surface area (Å²) in [5.41, 5.74) is 5.49. The van der Waals surface area contributed by atoms with Crippen molar-refractivity contribution in [2.45, 2.75) is 12.6 Å². The van der Waals surface area contributed by atoms with Gasteiger partial charge in [0.1, 0.15) is 0 Å². The first kappa shape index (κ1) is 10.1. The fourth-order valence-electron chi connectivity index (χ4n) is 1.56. The molecule has 0 atom stereocenters. The Morgan fingerprint density at radius 3 is 2.27 bits per heavy atom. The summed E-state index contributed by atoms with van der Waals surface area (Å²) in [7, 11) is 0. The molecule has 0 bridgehead atoms. The van der Waals surface area contributed by atoms with Crippen LogP contribution in [-0.4, -0.2) is 13.1 Å². The van der Waals surface area contributed by atoms with Crippen molar-refractivity contribution in [2.75, 3.05) is 23.7 Å². The molecule has 2 rings (SSSR count). The highest BCUT2D eigenvalue weighted by Gasteiger charge is 2.31. The molecule has 0 aliphatic carbocycles. The monoisotopic (exact) mass is 216 g/mol. The van der Waals surface area contributed by atoms with Gasteiger partial charge in [0, 0.05) is 24.5 Å². The van der Waals surface area contributed by atoms with Crippen molar-refractivity contribution < 1.29 is 13.2 Å². The number of nitrogens with two attached hydrogens (primary N) is 1. The maximum Gasteiger partial charge on any atom is 0.416 e. The molecule has 1 saturated heterocycles. The smallest absolute Gasteiger partial charge is 0.399 e. The van der Waals surface area contributed by atoms with E-state index in [1.807, 2.05) is 4.90 Å². The standard InChI is InChI=1S/C10H11F3N2/c11-10(12,13)7-4-8(14)6-9(5-7)15-2-1-3-15/h4-6H,1-3,14H2. The summed E-state index contributed by atoms with van der Waals surface area (Å²) in [4.78, 5) is 1.88. The molecular weight excluding hydrogens is 205 g/mol. The van der Waals surface area contributed by atoms with Crippen LogP contribution in [0.5, 0.6) is 0 Å². The molecule has 1 aliphatic heterocycles. The van der Waals surface area contributed by atoms with Gasteiger partial charge in [-0.25, -0.2) is 0 Å². The number of anilines is 2. The zero-order valence-corrected chi connectivity index (χ0v) is 8.01. The van der Waals surface area contributed by atoms with E-state index in [9.17, 15) is 13.2 Å². The van der Waals surface area contributed by atoms with Crippen LogP contribution in [0.2, 0.25) is 0 Å². The van der Waals surface area contributed by atoms with Gasteiger partial charge in [-0.3, -0.25) is 0 Å². The van der Waals surface area contributed by atoms with Gasteiger partial charge in [-0.05, 0) is 24.6 Å². The van der Waals surface area contributed by atoms with Crippen LogP contribution < -0.4 is 10.6 Å². The van der Waals surface area contributed by atoms with E-state index in [0.717, 1.165) is 31.6 Å². The zero-order valence-electron chi connectivity index (χ0n) is 8.01. The van der Waals surface area contributed by atoms with Crippen LogP contribution in [0.25, 0.3) is 0 Å². The summed E-state index contributed by atoms with van der Waals surface area (Å²) >= 11 is 0. The Morgan fingerprint density at radius 2 is 1.80 bits per heavy atom. The fourth-order valence-corrected chi connectivity index (χ4v) is 1.56. The number of nitrogens with zero attached hydrogens (tertiary/aromatic N) is 1. The van der Waals surface area contributed by atoms with E-state index in [-0.39, 0.29) is 5.69 Å². The molecule has 0 unspecified atom stereocenters. The van der Waals surface area contributed by atoms with E-state index >= 15 is 0 Å². The summed E-state index contributed by atoms with van der Waals surface area (Å²) in [5.74, 6) is 0. The number of hydrogen-bond acceptors (Lipinski definition) is 2. The minimum absolute atomic E-state index is 0.159. The molecule has 0 spiro atoms. The van der Waals surface area contributed by atoms with Crippen molar-refractivity contribution in [3.8, 4) is 0 Å². The van der Waals surface area contributed by atoms with E-state index in [0.29, 0.717) is 5.69 Å². The average molecular weight is 216 g/mol. The van der Waals surface area contributed by atoms with Crippen molar-refractivity contribution in [2.24, 2.45) is 0 Å². The highest BCUT2D eigenvalue weighted by molar-refractivity contribution is 5.60. The zero-order chi connectivity index (χ0) is 11.1. The van der Waals surface area contributed by atoms with E-state index in [1.165, 1.54) is 0 Å². The van der Waals surface area contributed by atoms with Crippen LogP contribution in [0.15, 0.2) is 18.2 Å². The van der Waals surface area contributed by atoms with Gasteiger partial charge in [-0.1, -0.05) is 0 Å². The van der Waals surface area contributed by atoms with Crippen molar-refractivity contribution in [1.82, 2.24) is 0 Å². The Balaban J connectivity index is 2.36. The average Bonchev–Trinajstić information content (AvgIpc) is 1.97. The molecule has 15 heavy (non-hydrogen) atoms. The first-order chi connectivity index (χ1) is 6.97. The van der Waals surface area contributed by atoms with E-state index in [4.69, 9.17) is 5.73 Å². The van der Waals surface area contributed by atoms with Crippen LogP contribution >= 0.6 is 0 Å². The van der Waals surface area contributed by atoms with Crippen LogP contribution in [0, 0.1) is 0 Å². The molecule has 1 aromatic rings. The largest absolute Gasteiger partial charge is 0.416 e. The molecule has 1 heterocycles. The summed E-state index contributed by atoms with van der Waals surface area (Å²) < 4.78 is 37.4. The lowest BCUT2D eigenvalue weighted by Crippen LogP contribution is -2.37. The van der Waals surface area contributed by atoms with Crippen molar-refractivity contribution >= 4 is 11.4 Å². The number of rotatable bonds is 1. The topological polar surface area (TPSA) is 29.3 Å². The summed E-state index contributed by atoms with van der Waals surface area (Å²) in [6, 6.07) is 3.69. The highest BCUT2D eigenvalue weighted by atomic mass is 19.4. The molecule has 2 nitrogen and oxygen atoms in total. The number of nitrogen functional groups attached to an aromatic ring is 1. The number of benzene rings is 1. The lowest BCUT2D eigenvalue weighted by atomic mass is 10.1. The maximum absolute atomic E-state index is 12.5. The molecule has 1 aliphatic rings. The molecule has 82 valence electrons. The van der Waals surface area contributed by atoms with Gasteiger partial charge in [-0.15, -0.1) is 0 Å². The summed E-state index contributed by atoms with van der Waals surface area (Å²) in [6.07, 6.45) is -3.30. The Kier molecular flexibility index (Phi) is 2.25. The second-order valence-electron chi connectivity index (χ2n) is 3.65. The van der Waals surface area contributed by atoms with E-state index < -0.39 is 11.7 Å². The second kappa shape index (κ2) is 3.32.